The standard InChI is InChI=1S/C11H19N3O2/c15-11(13-9-2-4-16-7-9)14-3-1-8-5-12-6-10(8)14/h8-10,12H,1-7H2,(H,13,15)/t8-,9?,10+/m0/s1. The highest BCUT2D eigenvalue weighted by Crippen LogP contribution is 2.27. The monoisotopic (exact) mass is 225 g/mol. The van der Waals surface area contributed by atoms with Crippen LogP contribution in [0.4, 0.5) is 4.79 Å². The number of nitrogens with zero attached hydrogens (tertiary/aromatic N) is 1. The molecule has 3 heterocycles. The summed E-state index contributed by atoms with van der Waals surface area (Å²) >= 11 is 0. The van der Waals surface area contributed by atoms with Gasteiger partial charge in [0, 0.05) is 32.3 Å². The molecule has 0 aromatic carbocycles. The Morgan fingerprint density at radius 1 is 1.38 bits per heavy atom. The third-order valence-corrected chi connectivity index (χ3v) is 3.96. The summed E-state index contributed by atoms with van der Waals surface area (Å²) in [6, 6.07) is 0.745. The van der Waals surface area contributed by atoms with Gasteiger partial charge in [-0.3, -0.25) is 0 Å². The van der Waals surface area contributed by atoms with E-state index in [0.717, 1.165) is 39.1 Å². The molecule has 3 aliphatic rings. The van der Waals surface area contributed by atoms with Crippen molar-refractivity contribution < 1.29 is 9.53 Å². The number of nitrogens with one attached hydrogen (secondary N) is 2. The van der Waals surface area contributed by atoms with E-state index in [9.17, 15) is 4.79 Å². The molecule has 0 spiro atoms. The maximum Gasteiger partial charge on any atom is 0.318 e. The van der Waals surface area contributed by atoms with Crippen LogP contribution in [0.2, 0.25) is 0 Å². The number of likely N-dealkylation sites (tertiary alicyclic amines) is 1. The number of ether oxygens (including phenoxy) is 1. The van der Waals surface area contributed by atoms with Gasteiger partial charge in [0.15, 0.2) is 0 Å². The molecule has 0 aromatic rings. The van der Waals surface area contributed by atoms with Gasteiger partial charge in [-0.05, 0) is 18.8 Å². The SMILES string of the molecule is O=C(NC1CCOC1)N1CC[C@H]2CNC[C@H]21. The predicted molar refractivity (Wildman–Crippen MR) is 59.2 cm³/mol. The maximum atomic E-state index is 12.1. The van der Waals surface area contributed by atoms with Gasteiger partial charge in [-0.2, -0.15) is 0 Å². The molecular weight excluding hydrogens is 206 g/mol. The fraction of sp³-hybridized carbons (Fsp3) is 0.909. The van der Waals surface area contributed by atoms with Crippen LogP contribution in [0.5, 0.6) is 0 Å². The first-order valence-corrected chi connectivity index (χ1v) is 6.20. The van der Waals surface area contributed by atoms with Crippen LogP contribution in [0.3, 0.4) is 0 Å². The van der Waals surface area contributed by atoms with Gasteiger partial charge in [0.05, 0.1) is 12.6 Å². The van der Waals surface area contributed by atoms with Gasteiger partial charge in [0.1, 0.15) is 0 Å². The third-order valence-electron chi connectivity index (χ3n) is 3.96. The Kier molecular flexibility index (Phi) is 2.73. The molecule has 3 fully saturated rings. The first kappa shape index (κ1) is 10.4. The van der Waals surface area contributed by atoms with E-state index in [4.69, 9.17) is 4.74 Å². The number of rotatable bonds is 1. The van der Waals surface area contributed by atoms with Gasteiger partial charge in [0.2, 0.25) is 0 Å². The average molecular weight is 225 g/mol. The average Bonchev–Trinajstić information content (AvgIpc) is 2.92. The van der Waals surface area contributed by atoms with Crippen LogP contribution in [0.25, 0.3) is 0 Å². The van der Waals surface area contributed by atoms with Crippen LogP contribution in [0.15, 0.2) is 0 Å². The molecule has 3 rings (SSSR count). The summed E-state index contributed by atoms with van der Waals surface area (Å²) < 4.78 is 5.26. The lowest BCUT2D eigenvalue weighted by molar-refractivity contribution is 0.175. The van der Waals surface area contributed by atoms with Crippen molar-refractivity contribution >= 4 is 6.03 Å². The molecule has 0 bridgehead atoms. The molecule has 5 heteroatoms. The minimum absolute atomic E-state index is 0.103. The van der Waals surface area contributed by atoms with Gasteiger partial charge in [0.25, 0.3) is 0 Å². The highest BCUT2D eigenvalue weighted by molar-refractivity contribution is 5.75. The van der Waals surface area contributed by atoms with Crippen molar-refractivity contribution in [3.63, 3.8) is 0 Å². The van der Waals surface area contributed by atoms with Gasteiger partial charge in [-0.25, -0.2) is 4.79 Å². The van der Waals surface area contributed by atoms with Crippen molar-refractivity contribution in [1.29, 1.82) is 0 Å². The third kappa shape index (κ3) is 1.78. The lowest BCUT2D eigenvalue weighted by Crippen LogP contribution is -2.48. The maximum absolute atomic E-state index is 12.1. The van der Waals surface area contributed by atoms with Gasteiger partial charge < -0.3 is 20.3 Å². The predicted octanol–water partition coefficient (Wildman–Crippen LogP) is -0.221. The van der Waals surface area contributed by atoms with E-state index in [1.54, 1.807) is 0 Å². The number of amides is 2. The van der Waals surface area contributed by atoms with E-state index < -0.39 is 0 Å². The van der Waals surface area contributed by atoms with Crippen molar-refractivity contribution in [2.45, 2.75) is 24.9 Å². The van der Waals surface area contributed by atoms with Gasteiger partial charge >= 0.3 is 6.03 Å². The Morgan fingerprint density at radius 3 is 3.12 bits per heavy atom. The van der Waals surface area contributed by atoms with E-state index in [2.05, 4.69) is 10.6 Å². The quantitative estimate of drug-likeness (QED) is 0.648. The Labute approximate surface area is 95.5 Å². The number of fused-ring (bicyclic) bond motifs is 1. The molecular formula is C11H19N3O2. The van der Waals surface area contributed by atoms with Crippen LogP contribution in [-0.2, 0) is 4.74 Å². The Morgan fingerprint density at radius 2 is 2.31 bits per heavy atom. The number of carbonyl (C=O) groups excluding carboxylic acids is 1. The molecule has 90 valence electrons. The van der Waals surface area contributed by atoms with E-state index in [1.165, 1.54) is 0 Å². The lowest BCUT2D eigenvalue weighted by atomic mass is 10.1. The van der Waals surface area contributed by atoms with Crippen LogP contribution in [0.1, 0.15) is 12.8 Å². The topological polar surface area (TPSA) is 53.6 Å². The molecule has 0 saturated carbocycles. The summed E-state index contributed by atoms with van der Waals surface area (Å²) in [5.41, 5.74) is 0. The largest absolute Gasteiger partial charge is 0.379 e. The minimum atomic E-state index is 0.103. The Bertz CT molecular complexity index is 278. The number of carbonyl (C=O) groups is 1. The lowest BCUT2D eigenvalue weighted by Gasteiger charge is -2.25. The first-order valence-electron chi connectivity index (χ1n) is 6.20. The molecule has 2 amide bonds. The molecule has 1 unspecified atom stereocenters. The molecule has 2 N–H and O–H groups in total. The second-order valence-electron chi connectivity index (χ2n) is 4.98. The molecule has 3 atom stereocenters. The van der Waals surface area contributed by atoms with Crippen LogP contribution < -0.4 is 10.6 Å². The Balaban J connectivity index is 1.57. The molecule has 3 saturated heterocycles. The highest BCUT2D eigenvalue weighted by Gasteiger charge is 2.40. The summed E-state index contributed by atoms with van der Waals surface area (Å²) in [5, 5.41) is 6.42. The first-order chi connectivity index (χ1) is 7.84. The zero-order valence-electron chi connectivity index (χ0n) is 9.45. The smallest absolute Gasteiger partial charge is 0.318 e. The molecule has 5 nitrogen and oxygen atoms in total. The number of hydrogen-bond donors (Lipinski definition) is 2. The molecule has 0 aromatic heterocycles. The summed E-state index contributed by atoms with van der Waals surface area (Å²) in [6.07, 6.45) is 2.10. The van der Waals surface area contributed by atoms with Crippen molar-refractivity contribution in [3.05, 3.63) is 0 Å². The van der Waals surface area contributed by atoms with Crippen molar-refractivity contribution in [2.75, 3.05) is 32.8 Å². The molecule has 16 heavy (non-hydrogen) atoms. The molecule has 0 radical (unpaired) electrons. The summed E-state index contributed by atoms with van der Waals surface area (Å²) in [7, 11) is 0. The zero-order chi connectivity index (χ0) is 11.0. The summed E-state index contributed by atoms with van der Waals surface area (Å²) in [4.78, 5) is 14.1. The highest BCUT2D eigenvalue weighted by atomic mass is 16.5. The number of urea groups is 1. The Hall–Kier alpha value is -0.810. The van der Waals surface area contributed by atoms with Crippen molar-refractivity contribution in [1.82, 2.24) is 15.5 Å². The van der Waals surface area contributed by atoms with E-state index in [1.807, 2.05) is 4.90 Å². The summed E-state index contributed by atoms with van der Waals surface area (Å²) in [6.45, 7) is 4.39. The summed E-state index contributed by atoms with van der Waals surface area (Å²) in [5.74, 6) is 0.672. The second-order valence-corrected chi connectivity index (χ2v) is 4.98. The van der Waals surface area contributed by atoms with E-state index in [0.29, 0.717) is 18.6 Å². The fourth-order valence-corrected chi connectivity index (χ4v) is 3.01. The minimum Gasteiger partial charge on any atom is -0.379 e. The van der Waals surface area contributed by atoms with Gasteiger partial charge in [-0.1, -0.05) is 0 Å². The van der Waals surface area contributed by atoms with E-state index >= 15 is 0 Å². The van der Waals surface area contributed by atoms with Crippen molar-refractivity contribution in [2.24, 2.45) is 5.92 Å². The van der Waals surface area contributed by atoms with E-state index in [-0.39, 0.29) is 12.1 Å². The van der Waals surface area contributed by atoms with Gasteiger partial charge in [-0.15, -0.1) is 0 Å². The number of hydrogen-bond acceptors (Lipinski definition) is 3. The van der Waals surface area contributed by atoms with Crippen LogP contribution >= 0.6 is 0 Å². The van der Waals surface area contributed by atoms with Crippen LogP contribution in [0, 0.1) is 5.92 Å². The second kappa shape index (κ2) is 4.22. The molecule has 0 aliphatic carbocycles. The zero-order valence-corrected chi connectivity index (χ0v) is 9.45. The molecule has 3 aliphatic heterocycles. The van der Waals surface area contributed by atoms with Crippen LogP contribution in [-0.4, -0.2) is 55.9 Å². The van der Waals surface area contributed by atoms with Crippen molar-refractivity contribution in [3.8, 4) is 0 Å². The fourth-order valence-electron chi connectivity index (χ4n) is 3.01. The normalized spacial score (nSPS) is 37.8.